The van der Waals surface area contributed by atoms with Gasteiger partial charge in [-0.25, -0.2) is 13.2 Å². The van der Waals surface area contributed by atoms with E-state index in [0.717, 1.165) is 25.0 Å². The molecule has 0 aliphatic heterocycles. The van der Waals surface area contributed by atoms with Crippen LogP contribution in [0.2, 0.25) is 0 Å². The maximum atomic E-state index is 13.4. The van der Waals surface area contributed by atoms with Crippen LogP contribution in [-0.2, 0) is 11.2 Å². The average Bonchev–Trinajstić information content (AvgIpc) is 2.60. The van der Waals surface area contributed by atoms with Gasteiger partial charge in [0.05, 0.1) is 5.69 Å². The smallest absolute Gasteiger partial charge is 0.221 e. The monoisotopic (exact) mass is 336 g/mol. The van der Waals surface area contributed by atoms with Crippen molar-refractivity contribution < 1.29 is 18.0 Å². The summed E-state index contributed by atoms with van der Waals surface area (Å²) in [4.78, 5) is 11.7. The van der Waals surface area contributed by atoms with E-state index in [-0.39, 0.29) is 24.6 Å². The number of carbonyl (C=O) groups is 1. The first-order valence-electron chi connectivity index (χ1n) is 7.76. The van der Waals surface area contributed by atoms with Gasteiger partial charge in [-0.05, 0) is 30.5 Å². The summed E-state index contributed by atoms with van der Waals surface area (Å²) in [7, 11) is 0. The van der Waals surface area contributed by atoms with Crippen molar-refractivity contribution in [2.45, 2.75) is 19.3 Å². The molecular weight excluding hydrogens is 317 g/mol. The third kappa shape index (κ3) is 5.30. The lowest BCUT2D eigenvalue weighted by atomic mass is 10.1. The molecule has 6 heteroatoms. The number of carbonyl (C=O) groups excluding carboxylic acids is 1. The topological polar surface area (TPSA) is 41.1 Å². The van der Waals surface area contributed by atoms with E-state index in [1.807, 2.05) is 30.3 Å². The number of halogens is 3. The van der Waals surface area contributed by atoms with E-state index >= 15 is 0 Å². The normalized spacial score (nSPS) is 10.5. The summed E-state index contributed by atoms with van der Waals surface area (Å²) in [6.45, 7) is 0.680. The average molecular weight is 336 g/mol. The van der Waals surface area contributed by atoms with Crippen molar-refractivity contribution in [1.82, 2.24) is 5.32 Å². The second kappa shape index (κ2) is 8.96. The van der Waals surface area contributed by atoms with Gasteiger partial charge >= 0.3 is 0 Å². The Morgan fingerprint density at radius 3 is 2.42 bits per heavy atom. The molecule has 0 heterocycles. The number of nitrogens with one attached hydrogen (secondary N) is 2. The molecule has 2 rings (SSSR count). The van der Waals surface area contributed by atoms with Crippen LogP contribution in [0.25, 0.3) is 0 Å². The predicted molar refractivity (Wildman–Crippen MR) is 87.2 cm³/mol. The fraction of sp³-hybridized carbons (Fsp3) is 0.278. The molecule has 3 nitrogen and oxygen atoms in total. The van der Waals surface area contributed by atoms with Crippen LogP contribution >= 0.6 is 0 Å². The first-order chi connectivity index (χ1) is 11.6. The molecule has 128 valence electrons. The van der Waals surface area contributed by atoms with Crippen molar-refractivity contribution in [3.63, 3.8) is 0 Å². The van der Waals surface area contributed by atoms with E-state index in [4.69, 9.17) is 0 Å². The highest BCUT2D eigenvalue weighted by Gasteiger charge is 2.13. The molecule has 0 saturated carbocycles. The molecule has 2 N–H and O–H groups in total. The number of hydrogen-bond acceptors (Lipinski definition) is 2. The Hall–Kier alpha value is -2.50. The summed E-state index contributed by atoms with van der Waals surface area (Å²) >= 11 is 0. The minimum Gasteiger partial charge on any atom is -0.382 e. The Kier molecular flexibility index (Phi) is 6.66. The standard InChI is InChI=1S/C18H19F3N2O/c19-14-8-9-15(18(21)17(14)20)22-12-10-16(24)23-11-4-7-13-5-2-1-3-6-13/h1-3,5-6,8-9,22H,4,7,10-12H2,(H,23,24). The van der Waals surface area contributed by atoms with Crippen LogP contribution in [0.4, 0.5) is 18.9 Å². The van der Waals surface area contributed by atoms with Gasteiger partial charge in [0.1, 0.15) is 0 Å². The fourth-order valence-corrected chi connectivity index (χ4v) is 2.23. The van der Waals surface area contributed by atoms with Crippen molar-refractivity contribution in [2.24, 2.45) is 0 Å². The second-order valence-electron chi connectivity index (χ2n) is 5.34. The van der Waals surface area contributed by atoms with Crippen LogP contribution in [0.3, 0.4) is 0 Å². The van der Waals surface area contributed by atoms with E-state index in [1.165, 1.54) is 5.56 Å². The Balaban J connectivity index is 1.64. The quantitative estimate of drug-likeness (QED) is 0.571. The van der Waals surface area contributed by atoms with Crippen LogP contribution in [0.1, 0.15) is 18.4 Å². The molecule has 0 aliphatic rings. The highest BCUT2D eigenvalue weighted by molar-refractivity contribution is 5.76. The SMILES string of the molecule is O=C(CCNc1ccc(F)c(F)c1F)NCCCc1ccccc1. The van der Waals surface area contributed by atoms with Gasteiger partial charge in [-0.2, -0.15) is 0 Å². The van der Waals surface area contributed by atoms with Crippen LogP contribution in [0.5, 0.6) is 0 Å². The van der Waals surface area contributed by atoms with E-state index < -0.39 is 17.5 Å². The zero-order valence-electron chi connectivity index (χ0n) is 13.1. The largest absolute Gasteiger partial charge is 0.382 e. The predicted octanol–water partition coefficient (Wildman–Crippen LogP) is 3.65. The van der Waals surface area contributed by atoms with Gasteiger partial charge in [-0.15, -0.1) is 0 Å². The number of aryl methyl sites for hydroxylation is 1. The molecule has 0 spiro atoms. The van der Waals surface area contributed by atoms with Gasteiger partial charge in [-0.3, -0.25) is 4.79 Å². The molecule has 0 aromatic heterocycles. The highest BCUT2D eigenvalue weighted by atomic mass is 19.2. The second-order valence-corrected chi connectivity index (χ2v) is 5.34. The number of hydrogen-bond donors (Lipinski definition) is 2. The van der Waals surface area contributed by atoms with Crippen molar-refractivity contribution >= 4 is 11.6 Å². The zero-order chi connectivity index (χ0) is 17.4. The van der Waals surface area contributed by atoms with E-state index in [2.05, 4.69) is 10.6 Å². The Bertz CT molecular complexity index is 677. The van der Waals surface area contributed by atoms with Gasteiger partial charge in [0.15, 0.2) is 17.5 Å². The lowest BCUT2D eigenvalue weighted by Crippen LogP contribution is -2.26. The lowest BCUT2D eigenvalue weighted by molar-refractivity contribution is -0.120. The molecule has 2 aromatic rings. The summed E-state index contributed by atoms with van der Waals surface area (Å²) in [6.07, 6.45) is 1.81. The van der Waals surface area contributed by atoms with Crippen LogP contribution in [0, 0.1) is 17.5 Å². The van der Waals surface area contributed by atoms with Crippen LogP contribution in [-0.4, -0.2) is 19.0 Å². The first-order valence-corrected chi connectivity index (χ1v) is 7.76. The fourth-order valence-electron chi connectivity index (χ4n) is 2.23. The van der Waals surface area contributed by atoms with Crippen molar-refractivity contribution in [3.8, 4) is 0 Å². The third-order valence-corrected chi connectivity index (χ3v) is 3.51. The molecular formula is C18H19F3N2O. The zero-order valence-corrected chi connectivity index (χ0v) is 13.1. The number of benzene rings is 2. The van der Waals surface area contributed by atoms with Gasteiger partial charge in [0.25, 0.3) is 0 Å². The maximum Gasteiger partial charge on any atom is 0.221 e. The highest BCUT2D eigenvalue weighted by Crippen LogP contribution is 2.19. The molecule has 0 radical (unpaired) electrons. The number of rotatable bonds is 8. The molecule has 1 amide bonds. The molecule has 2 aromatic carbocycles. The Morgan fingerprint density at radius 2 is 1.67 bits per heavy atom. The Morgan fingerprint density at radius 1 is 0.917 bits per heavy atom. The van der Waals surface area contributed by atoms with Crippen molar-refractivity contribution in [2.75, 3.05) is 18.4 Å². The van der Waals surface area contributed by atoms with E-state index in [9.17, 15) is 18.0 Å². The molecule has 0 unspecified atom stereocenters. The maximum absolute atomic E-state index is 13.4. The molecule has 0 atom stereocenters. The summed E-state index contributed by atoms with van der Waals surface area (Å²) in [5.74, 6) is -4.23. The van der Waals surface area contributed by atoms with Crippen LogP contribution in [0.15, 0.2) is 42.5 Å². The van der Waals surface area contributed by atoms with Gasteiger partial charge in [0, 0.05) is 19.5 Å². The molecule has 0 saturated heterocycles. The van der Waals surface area contributed by atoms with Gasteiger partial charge in [0.2, 0.25) is 5.91 Å². The summed E-state index contributed by atoms with van der Waals surface area (Å²) in [6, 6.07) is 11.9. The van der Waals surface area contributed by atoms with E-state index in [0.29, 0.717) is 6.54 Å². The first kappa shape index (κ1) is 17.8. The lowest BCUT2D eigenvalue weighted by Gasteiger charge is -2.09. The van der Waals surface area contributed by atoms with Crippen molar-refractivity contribution in [1.29, 1.82) is 0 Å². The minimum atomic E-state index is -1.52. The number of amides is 1. The molecule has 24 heavy (non-hydrogen) atoms. The summed E-state index contributed by atoms with van der Waals surface area (Å²) in [5.41, 5.74) is 1.05. The summed E-state index contributed by atoms with van der Waals surface area (Å²) < 4.78 is 39.3. The molecule has 0 fully saturated rings. The minimum absolute atomic E-state index is 0.115. The van der Waals surface area contributed by atoms with Gasteiger partial charge in [-0.1, -0.05) is 30.3 Å². The Labute approximate surface area is 138 Å². The summed E-state index contributed by atoms with van der Waals surface area (Å²) in [5, 5.41) is 5.35. The van der Waals surface area contributed by atoms with E-state index in [1.54, 1.807) is 0 Å². The number of anilines is 1. The molecule has 0 aliphatic carbocycles. The van der Waals surface area contributed by atoms with Gasteiger partial charge < -0.3 is 10.6 Å². The molecule has 0 bridgehead atoms. The van der Waals surface area contributed by atoms with Crippen LogP contribution < -0.4 is 10.6 Å². The third-order valence-electron chi connectivity index (χ3n) is 3.51. The van der Waals surface area contributed by atoms with Crippen molar-refractivity contribution in [3.05, 3.63) is 65.5 Å².